The van der Waals surface area contributed by atoms with Gasteiger partial charge in [-0.05, 0) is 29.7 Å². The van der Waals surface area contributed by atoms with Gasteiger partial charge in [-0.25, -0.2) is 9.78 Å². The zero-order chi connectivity index (χ0) is 14.3. The minimum absolute atomic E-state index is 0.352. The number of carboxylic acids is 1. The largest absolute Gasteiger partial charge is 0.497 e. The summed E-state index contributed by atoms with van der Waals surface area (Å²) in [6.45, 7) is 0. The molecule has 1 aromatic carbocycles. The number of benzene rings is 1. The van der Waals surface area contributed by atoms with Crippen LogP contribution in [0.25, 0.3) is 16.4 Å². The Labute approximate surface area is 112 Å². The zero-order valence-electron chi connectivity index (χ0n) is 10.5. The number of ether oxygens (including phenoxy) is 1. The fourth-order valence-electron chi connectivity index (χ4n) is 2.12. The number of rotatable bonds is 2. The van der Waals surface area contributed by atoms with Crippen molar-refractivity contribution in [3.8, 4) is 5.75 Å². The third-order valence-electron chi connectivity index (χ3n) is 3.13. The highest BCUT2D eigenvalue weighted by Crippen LogP contribution is 2.22. The maximum absolute atomic E-state index is 12.1. The summed E-state index contributed by atoms with van der Waals surface area (Å²) in [4.78, 5) is 27.1. The Morgan fingerprint density at radius 3 is 2.85 bits per heavy atom. The van der Waals surface area contributed by atoms with Crippen molar-refractivity contribution in [3.05, 3.63) is 52.6 Å². The first-order valence-corrected chi connectivity index (χ1v) is 5.83. The molecular weight excluding hydrogens is 260 g/mol. The van der Waals surface area contributed by atoms with Gasteiger partial charge in [0, 0.05) is 17.8 Å². The van der Waals surface area contributed by atoms with Crippen molar-refractivity contribution in [2.45, 2.75) is 0 Å². The number of hydrogen-bond acceptors (Lipinski definition) is 4. The smallest absolute Gasteiger partial charge is 0.342 e. The van der Waals surface area contributed by atoms with E-state index in [2.05, 4.69) is 4.98 Å². The van der Waals surface area contributed by atoms with Crippen LogP contribution >= 0.6 is 0 Å². The lowest BCUT2D eigenvalue weighted by Crippen LogP contribution is -2.22. The number of fused-ring (bicyclic) bond motifs is 3. The fraction of sp³-hybridized carbons (Fsp3) is 0.0714. The van der Waals surface area contributed by atoms with Crippen LogP contribution in [0.1, 0.15) is 10.4 Å². The SMILES string of the molecule is COc1ccc2c(ccn3c(=O)c(C(=O)O)cnc23)c1. The van der Waals surface area contributed by atoms with E-state index in [1.807, 2.05) is 6.07 Å². The summed E-state index contributed by atoms with van der Waals surface area (Å²) in [7, 11) is 1.57. The second kappa shape index (κ2) is 4.34. The van der Waals surface area contributed by atoms with Crippen LogP contribution in [0.3, 0.4) is 0 Å². The highest BCUT2D eigenvalue weighted by molar-refractivity contribution is 5.95. The average Bonchev–Trinajstić information content (AvgIpc) is 2.46. The summed E-state index contributed by atoms with van der Waals surface area (Å²) >= 11 is 0. The molecule has 0 saturated heterocycles. The van der Waals surface area contributed by atoms with E-state index in [1.165, 1.54) is 10.6 Å². The van der Waals surface area contributed by atoms with Gasteiger partial charge in [0.15, 0.2) is 0 Å². The van der Waals surface area contributed by atoms with Gasteiger partial charge in [-0.3, -0.25) is 9.20 Å². The molecule has 0 saturated carbocycles. The monoisotopic (exact) mass is 270 g/mol. The maximum atomic E-state index is 12.1. The van der Waals surface area contributed by atoms with Gasteiger partial charge in [-0.15, -0.1) is 0 Å². The molecule has 0 bridgehead atoms. The highest BCUT2D eigenvalue weighted by atomic mass is 16.5. The molecule has 6 nitrogen and oxygen atoms in total. The first-order valence-electron chi connectivity index (χ1n) is 5.83. The Morgan fingerprint density at radius 1 is 1.35 bits per heavy atom. The lowest BCUT2D eigenvalue weighted by Gasteiger charge is -2.07. The van der Waals surface area contributed by atoms with E-state index in [0.29, 0.717) is 11.4 Å². The molecule has 6 heteroatoms. The number of nitrogens with zero attached hydrogens (tertiary/aromatic N) is 2. The summed E-state index contributed by atoms with van der Waals surface area (Å²) in [6, 6.07) is 7.10. The lowest BCUT2D eigenvalue weighted by atomic mass is 10.1. The van der Waals surface area contributed by atoms with E-state index >= 15 is 0 Å². The number of hydrogen-bond donors (Lipinski definition) is 1. The van der Waals surface area contributed by atoms with Crippen molar-refractivity contribution in [2.75, 3.05) is 7.11 Å². The molecule has 2 aromatic heterocycles. The minimum atomic E-state index is -1.29. The van der Waals surface area contributed by atoms with Crippen LogP contribution in [0.4, 0.5) is 0 Å². The second-order valence-corrected chi connectivity index (χ2v) is 4.24. The molecule has 100 valence electrons. The van der Waals surface area contributed by atoms with Crippen LogP contribution in [0, 0.1) is 0 Å². The quantitative estimate of drug-likeness (QED) is 0.714. The predicted octanol–water partition coefficient (Wildman–Crippen LogP) is 1.55. The van der Waals surface area contributed by atoms with Gasteiger partial charge in [-0.2, -0.15) is 0 Å². The third-order valence-corrected chi connectivity index (χ3v) is 3.13. The van der Waals surface area contributed by atoms with Gasteiger partial charge in [-0.1, -0.05) is 0 Å². The normalized spacial score (nSPS) is 10.8. The summed E-state index contributed by atoms with van der Waals surface area (Å²) in [5, 5.41) is 10.5. The molecule has 0 unspecified atom stereocenters. The van der Waals surface area contributed by atoms with Crippen molar-refractivity contribution in [3.63, 3.8) is 0 Å². The standard InChI is InChI=1S/C14H10N2O4/c1-20-9-2-3-10-8(6-9)4-5-16-12(10)15-7-11(13(16)17)14(18)19/h2-7H,1H3,(H,18,19). The Balaban J connectivity index is 2.41. The number of carbonyl (C=O) groups is 1. The molecule has 0 radical (unpaired) electrons. The Kier molecular flexibility index (Phi) is 2.64. The van der Waals surface area contributed by atoms with Crippen LogP contribution in [0.2, 0.25) is 0 Å². The van der Waals surface area contributed by atoms with Gasteiger partial charge in [0.05, 0.1) is 7.11 Å². The van der Waals surface area contributed by atoms with E-state index < -0.39 is 11.5 Å². The number of aromatic nitrogens is 2. The van der Waals surface area contributed by atoms with Crippen LogP contribution < -0.4 is 10.3 Å². The van der Waals surface area contributed by atoms with E-state index in [1.54, 1.807) is 25.3 Å². The molecule has 0 aliphatic carbocycles. The molecular formula is C14H10N2O4. The molecule has 0 atom stereocenters. The molecule has 0 aliphatic rings. The van der Waals surface area contributed by atoms with E-state index in [9.17, 15) is 9.59 Å². The van der Waals surface area contributed by atoms with Crippen molar-refractivity contribution in [1.82, 2.24) is 9.38 Å². The van der Waals surface area contributed by atoms with Crippen LogP contribution in [0.5, 0.6) is 5.75 Å². The van der Waals surface area contributed by atoms with Crippen molar-refractivity contribution >= 4 is 22.4 Å². The minimum Gasteiger partial charge on any atom is -0.497 e. The molecule has 3 aromatic rings. The molecule has 20 heavy (non-hydrogen) atoms. The molecule has 0 amide bonds. The summed E-state index contributed by atoms with van der Waals surface area (Å²) in [5.41, 5.74) is -0.532. The number of pyridine rings is 1. The van der Waals surface area contributed by atoms with Gasteiger partial charge in [0.25, 0.3) is 5.56 Å². The topological polar surface area (TPSA) is 80.9 Å². The molecule has 1 N–H and O–H groups in total. The first-order chi connectivity index (χ1) is 9.61. The Morgan fingerprint density at radius 2 is 2.15 bits per heavy atom. The molecule has 0 spiro atoms. The van der Waals surface area contributed by atoms with Gasteiger partial charge >= 0.3 is 5.97 Å². The average molecular weight is 270 g/mol. The van der Waals surface area contributed by atoms with Crippen molar-refractivity contribution in [1.29, 1.82) is 0 Å². The van der Waals surface area contributed by atoms with Gasteiger partial charge in [0.2, 0.25) is 0 Å². The van der Waals surface area contributed by atoms with E-state index in [4.69, 9.17) is 9.84 Å². The Bertz CT molecular complexity index is 899. The summed E-state index contributed by atoms with van der Waals surface area (Å²) in [6.07, 6.45) is 2.60. The van der Waals surface area contributed by atoms with Crippen LogP contribution in [-0.2, 0) is 0 Å². The molecule has 0 aliphatic heterocycles. The van der Waals surface area contributed by atoms with E-state index in [-0.39, 0.29) is 5.56 Å². The number of carboxylic acid groups (broad SMARTS) is 1. The van der Waals surface area contributed by atoms with Gasteiger partial charge < -0.3 is 9.84 Å². The second-order valence-electron chi connectivity index (χ2n) is 4.24. The third kappa shape index (κ3) is 1.70. The summed E-state index contributed by atoms with van der Waals surface area (Å²) < 4.78 is 6.38. The number of aromatic carboxylic acids is 1. The molecule has 3 rings (SSSR count). The predicted molar refractivity (Wildman–Crippen MR) is 72.5 cm³/mol. The highest BCUT2D eigenvalue weighted by Gasteiger charge is 2.13. The van der Waals surface area contributed by atoms with Crippen molar-refractivity contribution < 1.29 is 14.6 Å². The molecule has 0 fully saturated rings. The van der Waals surface area contributed by atoms with Gasteiger partial charge in [0.1, 0.15) is 17.0 Å². The molecule has 2 heterocycles. The number of methoxy groups -OCH3 is 1. The van der Waals surface area contributed by atoms with Crippen LogP contribution in [-0.4, -0.2) is 27.6 Å². The lowest BCUT2D eigenvalue weighted by molar-refractivity contribution is 0.0694. The summed E-state index contributed by atoms with van der Waals surface area (Å²) in [5.74, 6) is -0.585. The van der Waals surface area contributed by atoms with Crippen molar-refractivity contribution in [2.24, 2.45) is 0 Å². The Hall–Kier alpha value is -2.89. The van der Waals surface area contributed by atoms with Crippen LogP contribution in [0.15, 0.2) is 41.5 Å². The maximum Gasteiger partial charge on any atom is 0.342 e. The first kappa shape index (κ1) is 12.2. The fourth-order valence-corrected chi connectivity index (χ4v) is 2.12. The zero-order valence-corrected chi connectivity index (χ0v) is 10.5. The van der Waals surface area contributed by atoms with E-state index in [0.717, 1.165) is 17.0 Å².